The number of rotatable bonds is 6. The van der Waals surface area contributed by atoms with Crippen molar-refractivity contribution < 1.29 is 14.6 Å². The number of amides is 2. The fourth-order valence-corrected chi connectivity index (χ4v) is 1.50. The van der Waals surface area contributed by atoms with Gasteiger partial charge in [-0.15, -0.1) is 0 Å². The average Bonchev–Trinajstić information content (AvgIpc) is 2.38. The number of carbonyl (C=O) groups is 1. The lowest BCUT2D eigenvalue weighted by Gasteiger charge is -2.19. The molecule has 0 aliphatic heterocycles. The Morgan fingerprint density at radius 1 is 1.42 bits per heavy atom. The largest absolute Gasteiger partial charge is 0.494 e. The molecule has 0 heterocycles. The predicted molar refractivity (Wildman–Crippen MR) is 75.5 cm³/mol. The van der Waals surface area contributed by atoms with Gasteiger partial charge in [-0.1, -0.05) is 13.0 Å². The summed E-state index contributed by atoms with van der Waals surface area (Å²) in [5, 5.41) is 14.5. The van der Waals surface area contributed by atoms with E-state index in [0.29, 0.717) is 12.3 Å². The Kier molecular flexibility index (Phi) is 6.15. The number of hydrogen-bond donors (Lipinski definition) is 3. The van der Waals surface area contributed by atoms with Gasteiger partial charge >= 0.3 is 6.03 Å². The third kappa shape index (κ3) is 5.18. The molecule has 0 aliphatic carbocycles. The van der Waals surface area contributed by atoms with Gasteiger partial charge in [0.25, 0.3) is 0 Å². The fourth-order valence-electron chi connectivity index (χ4n) is 1.50. The molecule has 0 spiro atoms. The van der Waals surface area contributed by atoms with Crippen LogP contribution in [-0.2, 0) is 0 Å². The number of benzene rings is 1. The van der Waals surface area contributed by atoms with E-state index in [2.05, 4.69) is 10.6 Å². The molecule has 0 saturated heterocycles. The summed E-state index contributed by atoms with van der Waals surface area (Å²) in [4.78, 5) is 11.8. The van der Waals surface area contributed by atoms with E-state index in [1.807, 2.05) is 32.9 Å². The van der Waals surface area contributed by atoms with Gasteiger partial charge in [-0.05, 0) is 31.9 Å². The van der Waals surface area contributed by atoms with Crippen molar-refractivity contribution in [2.75, 3.05) is 18.5 Å². The lowest BCUT2D eigenvalue weighted by atomic mass is 10.1. The molecular weight excluding hydrogens is 244 g/mol. The van der Waals surface area contributed by atoms with Crippen molar-refractivity contribution in [1.82, 2.24) is 5.32 Å². The standard InChI is InChI=1S/C14H22N2O3/c1-4-19-13-7-5-6-12(8-13)16-14(18)15-11(3)10(2)9-17/h5-8,10-11,17H,4,9H2,1-3H3,(H2,15,16,18). The van der Waals surface area contributed by atoms with Gasteiger partial charge in [0.15, 0.2) is 0 Å². The van der Waals surface area contributed by atoms with E-state index in [1.54, 1.807) is 12.1 Å². The second-order valence-electron chi connectivity index (χ2n) is 4.51. The van der Waals surface area contributed by atoms with Crippen molar-refractivity contribution in [2.45, 2.75) is 26.8 Å². The summed E-state index contributed by atoms with van der Waals surface area (Å²) in [7, 11) is 0. The van der Waals surface area contributed by atoms with E-state index in [0.717, 1.165) is 5.75 Å². The second-order valence-corrected chi connectivity index (χ2v) is 4.51. The highest BCUT2D eigenvalue weighted by Gasteiger charge is 2.13. The van der Waals surface area contributed by atoms with Crippen molar-refractivity contribution in [3.8, 4) is 5.75 Å². The normalized spacial score (nSPS) is 13.5. The number of anilines is 1. The summed E-state index contributed by atoms with van der Waals surface area (Å²) in [5.41, 5.74) is 0.673. The van der Waals surface area contributed by atoms with Gasteiger partial charge in [0.1, 0.15) is 5.75 Å². The number of aliphatic hydroxyl groups excluding tert-OH is 1. The molecule has 2 atom stereocenters. The smallest absolute Gasteiger partial charge is 0.319 e. The summed E-state index contributed by atoms with van der Waals surface area (Å²) in [6.07, 6.45) is 0. The first-order valence-electron chi connectivity index (χ1n) is 6.48. The lowest BCUT2D eigenvalue weighted by Crippen LogP contribution is -2.40. The van der Waals surface area contributed by atoms with Gasteiger partial charge in [0.2, 0.25) is 0 Å². The average molecular weight is 266 g/mol. The lowest BCUT2D eigenvalue weighted by molar-refractivity contribution is 0.204. The molecule has 0 radical (unpaired) electrons. The van der Waals surface area contributed by atoms with Crippen molar-refractivity contribution >= 4 is 11.7 Å². The molecule has 5 heteroatoms. The minimum Gasteiger partial charge on any atom is -0.494 e. The van der Waals surface area contributed by atoms with Crippen LogP contribution in [0.5, 0.6) is 5.75 Å². The number of carbonyl (C=O) groups excluding carboxylic acids is 1. The minimum absolute atomic E-state index is 0.0144. The SMILES string of the molecule is CCOc1cccc(NC(=O)NC(C)C(C)CO)c1. The fraction of sp³-hybridized carbons (Fsp3) is 0.500. The van der Waals surface area contributed by atoms with E-state index < -0.39 is 0 Å². The molecule has 106 valence electrons. The maximum absolute atomic E-state index is 11.8. The molecular formula is C14H22N2O3. The molecule has 0 fully saturated rings. The van der Waals surface area contributed by atoms with Gasteiger partial charge in [0, 0.05) is 24.4 Å². The zero-order chi connectivity index (χ0) is 14.3. The molecule has 1 aromatic carbocycles. The highest BCUT2D eigenvalue weighted by molar-refractivity contribution is 5.89. The molecule has 2 unspecified atom stereocenters. The number of hydrogen-bond acceptors (Lipinski definition) is 3. The monoisotopic (exact) mass is 266 g/mol. The van der Waals surface area contributed by atoms with E-state index >= 15 is 0 Å². The molecule has 5 nitrogen and oxygen atoms in total. The zero-order valence-electron chi connectivity index (χ0n) is 11.6. The first-order valence-corrected chi connectivity index (χ1v) is 6.48. The number of aliphatic hydroxyl groups is 1. The first-order chi connectivity index (χ1) is 9.06. The van der Waals surface area contributed by atoms with E-state index in [4.69, 9.17) is 9.84 Å². The van der Waals surface area contributed by atoms with Gasteiger partial charge in [-0.25, -0.2) is 4.79 Å². The van der Waals surface area contributed by atoms with Gasteiger partial charge in [-0.3, -0.25) is 0 Å². The van der Waals surface area contributed by atoms with Crippen molar-refractivity contribution in [1.29, 1.82) is 0 Å². The van der Waals surface area contributed by atoms with Crippen LogP contribution in [0.3, 0.4) is 0 Å². The van der Waals surface area contributed by atoms with Crippen LogP contribution in [0.2, 0.25) is 0 Å². The molecule has 1 aromatic rings. The Hall–Kier alpha value is -1.75. The molecule has 0 aromatic heterocycles. The summed E-state index contributed by atoms with van der Waals surface area (Å²) < 4.78 is 5.36. The van der Waals surface area contributed by atoms with Crippen LogP contribution in [0, 0.1) is 5.92 Å². The van der Waals surface area contributed by atoms with E-state index in [1.165, 1.54) is 0 Å². The Labute approximate surface area is 114 Å². The van der Waals surface area contributed by atoms with Gasteiger partial charge in [0.05, 0.1) is 6.61 Å². The van der Waals surface area contributed by atoms with Gasteiger partial charge in [-0.2, -0.15) is 0 Å². The summed E-state index contributed by atoms with van der Waals surface area (Å²) in [6.45, 7) is 6.27. The Morgan fingerprint density at radius 3 is 2.79 bits per heavy atom. The predicted octanol–water partition coefficient (Wildman–Crippen LogP) is 2.22. The zero-order valence-corrected chi connectivity index (χ0v) is 11.6. The Balaban J connectivity index is 2.54. The Morgan fingerprint density at radius 2 is 2.16 bits per heavy atom. The van der Waals surface area contributed by atoms with Crippen molar-refractivity contribution in [3.05, 3.63) is 24.3 Å². The third-order valence-corrected chi connectivity index (χ3v) is 2.90. The van der Waals surface area contributed by atoms with Crippen LogP contribution in [0.15, 0.2) is 24.3 Å². The van der Waals surface area contributed by atoms with Crippen LogP contribution in [0.4, 0.5) is 10.5 Å². The second kappa shape index (κ2) is 7.63. The van der Waals surface area contributed by atoms with Crippen LogP contribution in [-0.4, -0.2) is 30.4 Å². The van der Waals surface area contributed by atoms with Crippen molar-refractivity contribution in [3.63, 3.8) is 0 Å². The van der Waals surface area contributed by atoms with E-state index in [9.17, 15) is 4.79 Å². The van der Waals surface area contributed by atoms with Crippen LogP contribution < -0.4 is 15.4 Å². The van der Waals surface area contributed by atoms with Crippen LogP contribution in [0.25, 0.3) is 0 Å². The highest BCUT2D eigenvalue weighted by Crippen LogP contribution is 2.17. The molecule has 1 rings (SSSR count). The molecule has 2 amide bonds. The van der Waals surface area contributed by atoms with Gasteiger partial charge < -0.3 is 20.5 Å². The molecule has 0 bridgehead atoms. The Bertz CT molecular complexity index is 409. The first kappa shape index (κ1) is 15.3. The van der Waals surface area contributed by atoms with Crippen LogP contribution in [0.1, 0.15) is 20.8 Å². The molecule has 19 heavy (non-hydrogen) atoms. The molecule has 0 saturated carbocycles. The van der Waals surface area contributed by atoms with E-state index in [-0.39, 0.29) is 24.6 Å². The maximum Gasteiger partial charge on any atom is 0.319 e. The van der Waals surface area contributed by atoms with Crippen molar-refractivity contribution in [2.24, 2.45) is 5.92 Å². The molecule has 0 aliphatic rings. The minimum atomic E-state index is -0.290. The number of nitrogens with one attached hydrogen (secondary N) is 2. The summed E-state index contributed by atoms with van der Waals surface area (Å²) in [5.74, 6) is 0.734. The topological polar surface area (TPSA) is 70.6 Å². The third-order valence-electron chi connectivity index (χ3n) is 2.90. The summed E-state index contributed by atoms with van der Waals surface area (Å²) in [6, 6.07) is 6.83. The number of ether oxygens (including phenoxy) is 1. The highest BCUT2D eigenvalue weighted by atomic mass is 16.5. The molecule has 3 N–H and O–H groups in total. The summed E-state index contributed by atoms with van der Waals surface area (Å²) >= 11 is 0. The number of urea groups is 1. The maximum atomic E-state index is 11.8. The quantitative estimate of drug-likeness (QED) is 0.739. The van der Waals surface area contributed by atoms with Crippen LogP contribution >= 0.6 is 0 Å².